The van der Waals surface area contributed by atoms with E-state index in [0.717, 1.165) is 17.5 Å². The topological polar surface area (TPSA) is 61.4 Å². The minimum absolute atomic E-state index is 0.0129. The van der Waals surface area contributed by atoms with E-state index in [9.17, 15) is 9.59 Å². The van der Waals surface area contributed by atoms with Crippen molar-refractivity contribution in [3.05, 3.63) is 71.3 Å². The highest BCUT2D eigenvalue weighted by atomic mass is 16.2. The van der Waals surface area contributed by atoms with Gasteiger partial charge < -0.3 is 10.6 Å². The first kappa shape index (κ1) is 21.6. The lowest BCUT2D eigenvalue weighted by atomic mass is 9.97. The highest BCUT2D eigenvalue weighted by Gasteiger charge is 2.17. The Morgan fingerprint density at radius 2 is 1.64 bits per heavy atom. The number of amides is 2. The molecule has 2 aromatic carbocycles. The molecule has 5 nitrogen and oxygen atoms in total. The average molecular weight is 382 g/mol. The van der Waals surface area contributed by atoms with Gasteiger partial charge in [0, 0.05) is 19.2 Å². The van der Waals surface area contributed by atoms with Gasteiger partial charge >= 0.3 is 0 Å². The van der Waals surface area contributed by atoms with Crippen LogP contribution in [0, 0.1) is 5.92 Å². The molecule has 0 aromatic heterocycles. The molecule has 150 valence electrons. The lowest BCUT2D eigenvalue weighted by Crippen LogP contribution is -2.37. The van der Waals surface area contributed by atoms with E-state index in [1.54, 1.807) is 19.2 Å². The minimum Gasteiger partial charge on any atom is -0.355 e. The molecule has 0 aliphatic carbocycles. The summed E-state index contributed by atoms with van der Waals surface area (Å²) in [4.78, 5) is 26.2. The van der Waals surface area contributed by atoms with Gasteiger partial charge in [-0.3, -0.25) is 14.5 Å². The third kappa shape index (κ3) is 6.82. The minimum atomic E-state index is -0.101. The Hall–Kier alpha value is -2.66. The molecule has 0 heterocycles. The lowest BCUT2D eigenvalue weighted by Gasteiger charge is -2.23. The van der Waals surface area contributed by atoms with Crippen LogP contribution >= 0.6 is 0 Å². The van der Waals surface area contributed by atoms with Gasteiger partial charge in [-0.15, -0.1) is 0 Å². The van der Waals surface area contributed by atoms with Gasteiger partial charge in [-0.05, 0) is 42.6 Å². The van der Waals surface area contributed by atoms with Gasteiger partial charge in [-0.25, -0.2) is 0 Å². The molecule has 5 heteroatoms. The summed E-state index contributed by atoms with van der Waals surface area (Å²) in [5.74, 6) is 0.400. The molecular weight excluding hydrogens is 350 g/mol. The van der Waals surface area contributed by atoms with E-state index in [-0.39, 0.29) is 17.9 Å². The van der Waals surface area contributed by atoms with E-state index < -0.39 is 0 Å². The van der Waals surface area contributed by atoms with Crippen molar-refractivity contribution in [3.63, 3.8) is 0 Å². The summed E-state index contributed by atoms with van der Waals surface area (Å²) in [5.41, 5.74) is 2.83. The second kappa shape index (κ2) is 10.6. The van der Waals surface area contributed by atoms with E-state index >= 15 is 0 Å². The number of hydrogen-bond acceptors (Lipinski definition) is 3. The van der Waals surface area contributed by atoms with Crippen LogP contribution in [0.3, 0.4) is 0 Å². The van der Waals surface area contributed by atoms with Crippen molar-refractivity contribution in [1.29, 1.82) is 0 Å². The summed E-state index contributed by atoms with van der Waals surface area (Å²) in [6.45, 7) is 5.29. The molecule has 2 aromatic rings. The zero-order chi connectivity index (χ0) is 20.5. The van der Waals surface area contributed by atoms with Crippen LogP contribution in [0.2, 0.25) is 0 Å². The van der Waals surface area contributed by atoms with Crippen molar-refractivity contribution in [1.82, 2.24) is 15.5 Å². The van der Waals surface area contributed by atoms with Crippen molar-refractivity contribution >= 4 is 11.8 Å². The fraction of sp³-hybridized carbons (Fsp3) is 0.391. The van der Waals surface area contributed by atoms with Crippen LogP contribution in [0.25, 0.3) is 0 Å². The molecule has 28 heavy (non-hydrogen) atoms. The van der Waals surface area contributed by atoms with Crippen molar-refractivity contribution in [3.8, 4) is 0 Å². The standard InChI is InChI=1S/C23H31N3O2/c1-17(2)14-21(19-8-6-5-7-9-19)25-22(27)16-26(4)15-18-10-12-20(13-11-18)23(28)24-3/h5-13,17,21H,14-16H2,1-4H3,(H,24,28)(H,25,27)/t21-/m1/s1. The van der Waals surface area contributed by atoms with E-state index in [1.165, 1.54) is 0 Å². The molecule has 0 saturated heterocycles. The number of carbonyl (C=O) groups excluding carboxylic acids is 2. The second-order valence-corrected chi connectivity index (χ2v) is 7.61. The summed E-state index contributed by atoms with van der Waals surface area (Å²) in [7, 11) is 3.54. The summed E-state index contributed by atoms with van der Waals surface area (Å²) >= 11 is 0. The largest absolute Gasteiger partial charge is 0.355 e. The predicted molar refractivity (Wildman–Crippen MR) is 113 cm³/mol. The van der Waals surface area contributed by atoms with Crippen LogP contribution in [0.4, 0.5) is 0 Å². The van der Waals surface area contributed by atoms with Crippen LogP contribution in [0.1, 0.15) is 47.8 Å². The van der Waals surface area contributed by atoms with Crippen molar-refractivity contribution < 1.29 is 9.59 Å². The first-order valence-corrected chi connectivity index (χ1v) is 9.73. The predicted octanol–water partition coefficient (Wildman–Crippen LogP) is 3.38. The fourth-order valence-electron chi connectivity index (χ4n) is 3.19. The molecule has 0 radical (unpaired) electrons. The normalized spacial score (nSPS) is 12.1. The molecule has 0 spiro atoms. The highest BCUT2D eigenvalue weighted by molar-refractivity contribution is 5.93. The number of nitrogens with zero attached hydrogens (tertiary/aromatic N) is 1. The van der Waals surface area contributed by atoms with Gasteiger partial charge in [-0.2, -0.15) is 0 Å². The van der Waals surface area contributed by atoms with Crippen LogP contribution < -0.4 is 10.6 Å². The van der Waals surface area contributed by atoms with Crippen LogP contribution in [0.15, 0.2) is 54.6 Å². The van der Waals surface area contributed by atoms with Crippen molar-refractivity contribution in [2.24, 2.45) is 5.92 Å². The van der Waals surface area contributed by atoms with Gasteiger partial charge in [0.25, 0.3) is 5.91 Å². The first-order valence-electron chi connectivity index (χ1n) is 9.73. The number of hydrogen-bond donors (Lipinski definition) is 2. The van der Waals surface area contributed by atoms with Crippen LogP contribution in [-0.4, -0.2) is 37.4 Å². The number of nitrogens with one attached hydrogen (secondary N) is 2. The van der Waals surface area contributed by atoms with E-state index in [2.05, 4.69) is 36.6 Å². The summed E-state index contributed by atoms with van der Waals surface area (Å²) in [5, 5.41) is 5.79. The first-order chi connectivity index (χ1) is 13.4. The molecule has 1 atom stereocenters. The Bertz CT molecular complexity index is 757. The summed E-state index contributed by atoms with van der Waals surface area (Å²) in [6.07, 6.45) is 0.903. The maximum absolute atomic E-state index is 12.6. The quantitative estimate of drug-likeness (QED) is 0.700. The Morgan fingerprint density at radius 1 is 1.00 bits per heavy atom. The van der Waals surface area contributed by atoms with Gasteiger partial charge in [-0.1, -0.05) is 56.3 Å². The SMILES string of the molecule is CNC(=O)c1ccc(CN(C)CC(=O)N[C@H](CC(C)C)c2ccccc2)cc1. The third-order valence-electron chi connectivity index (χ3n) is 4.55. The molecular formula is C23H31N3O2. The van der Waals surface area contributed by atoms with E-state index in [0.29, 0.717) is 24.6 Å². The molecule has 0 bridgehead atoms. The lowest BCUT2D eigenvalue weighted by molar-refractivity contribution is -0.122. The smallest absolute Gasteiger partial charge is 0.251 e. The van der Waals surface area contributed by atoms with Gasteiger partial charge in [0.05, 0.1) is 12.6 Å². The molecule has 2 N–H and O–H groups in total. The monoisotopic (exact) mass is 381 g/mol. The Balaban J connectivity index is 1.92. The van der Waals surface area contributed by atoms with Gasteiger partial charge in [0.15, 0.2) is 0 Å². The zero-order valence-corrected chi connectivity index (χ0v) is 17.2. The summed E-state index contributed by atoms with van der Waals surface area (Å²) < 4.78 is 0. The number of likely N-dealkylation sites (N-methyl/N-ethyl adjacent to an activating group) is 1. The number of carbonyl (C=O) groups is 2. The maximum atomic E-state index is 12.6. The number of rotatable bonds is 9. The molecule has 2 rings (SSSR count). The van der Waals surface area contributed by atoms with E-state index in [1.807, 2.05) is 42.3 Å². The third-order valence-corrected chi connectivity index (χ3v) is 4.55. The molecule has 0 saturated carbocycles. The highest BCUT2D eigenvalue weighted by Crippen LogP contribution is 2.21. The van der Waals surface area contributed by atoms with Crippen LogP contribution in [-0.2, 0) is 11.3 Å². The fourth-order valence-corrected chi connectivity index (χ4v) is 3.19. The van der Waals surface area contributed by atoms with Crippen LogP contribution in [0.5, 0.6) is 0 Å². The second-order valence-electron chi connectivity index (χ2n) is 7.61. The van der Waals surface area contributed by atoms with Gasteiger partial charge in [0.1, 0.15) is 0 Å². The Labute approximate surface area is 168 Å². The number of benzene rings is 2. The maximum Gasteiger partial charge on any atom is 0.251 e. The Kier molecular flexibility index (Phi) is 8.20. The molecule has 0 fully saturated rings. The average Bonchev–Trinajstić information content (AvgIpc) is 2.67. The Morgan fingerprint density at radius 3 is 2.21 bits per heavy atom. The van der Waals surface area contributed by atoms with Crippen molar-refractivity contribution in [2.75, 3.05) is 20.6 Å². The van der Waals surface area contributed by atoms with E-state index in [4.69, 9.17) is 0 Å². The summed E-state index contributed by atoms with van der Waals surface area (Å²) in [6, 6.07) is 17.6. The van der Waals surface area contributed by atoms with Gasteiger partial charge in [0.2, 0.25) is 5.91 Å². The molecule has 0 aliphatic heterocycles. The molecule has 0 aliphatic rings. The molecule has 2 amide bonds. The van der Waals surface area contributed by atoms with Crippen molar-refractivity contribution in [2.45, 2.75) is 32.9 Å². The molecule has 0 unspecified atom stereocenters. The zero-order valence-electron chi connectivity index (χ0n) is 17.2.